The number of hydrogen-bond donors (Lipinski definition) is 1. The lowest BCUT2D eigenvalue weighted by atomic mass is 10.2. The maximum Gasteiger partial charge on any atom is 0.244 e. The van der Waals surface area contributed by atoms with Crippen molar-refractivity contribution in [1.29, 1.82) is 0 Å². The summed E-state index contributed by atoms with van der Waals surface area (Å²) >= 11 is 1.84. The van der Waals surface area contributed by atoms with E-state index in [9.17, 15) is 4.79 Å². The van der Waals surface area contributed by atoms with Crippen LogP contribution in [0.1, 0.15) is 41.4 Å². The highest BCUT2D eigenvalue weighted by Crippen LogP contribution is 2.38. The molecule has 0 spiro atoms. The van der Waals surface area contributed by atoms with E-state index in [0.717, 1.165) is 17.1 Å². The summed E-state index contributed by atoms with van der Waals surface area (Å²) < 4.78 is 2.40. The molecule has 2 aromatic rings. The molecule has 4 heteroatoms. The lowest BCUT2D eigenvalue weighted by Gasteiger charge is -2.06. The summed E-state index contributed by atoms with van der Waals surface area (Å²) in [7, 11) is 0. The fraction of sp³-hybridized carbons (Fsp3) is 0.381. The van der Waals surface area contributed by atoms with Gasteiger partial charge in [0.2, 0.25) is 5.91 Å². The molecule has 0 radical (unpaired) electrons. The molecule has 0 bridgehead atoms. The molecule has 25 heavy (non-hydrogen) atoms. The van der Waals surface area contributed by atoms with Crippen molar-refractivity contribution in [2.45, 2.75) is 38.5 Å². The van der Waals surface area contributed by atoms with Gasteiger partial charge in [0.25, 0.3) is 0 Å². The largest absolute Gasteiger partial charge is 0.352 e. The van der Waals surface area contributed by atoms with Crippen LogP contribution in [0.4, 0.5) is 0 Å². The van der Waals surface area contributed by atoms with Gasteiger partial charge in [-0.25, -0.2) is 0 Å². The third kappa shape index (κ3) is 5.02. The third-order valence-electron chi connectivity index (χ3n) is 4.51. The molecule has 1 heterocycles. The number of amides is 1. The zero-order chi connectivity index (χ0) is 17.6. The van der Waals surface area contributed by atoms with Gasteiger partial charge in [0.05, 0.1) is 0 Å². The molecule has 1 aromatic heterocycles. The summed E-state index contributed by atoms with van der Waals surface area (Å²) in [6.45, 7) is 4.98. The molecule has 1 fully saturated rings. The highest BCUT2D eigenvalue weighted by atomic mass is 32.2. The zero-order valence-electron chi connectivity index (χ0n) is 15.0. The highest BCUT2D eigenvalue weighted by Gasteiger charge is 2.26. The van der Waals surface area contributed by atoms with Crippen molar-refractivity contribution < 1.29 is 4.79 Å². The number of aromatic nitrogens is 1. The number of hydrogen-bond acceptors (Lipinski definition) is 2. The van der Waals surface area contributed by atoms with Crippen molar-refractivity contribution in [2.75, 3.05) is 12.3 Å². The number of benzene rings is 1. The van der Waals surface area contributed by atoms with Gasteiger partial charge in [-0.15, -0.1) is 0 Å². The molecule has 0 unspecified atom stereocenters. The van der Waals surface area contributed by atoms with Gasteiger partial charge < -0.3 is 9.88 Å². The number of nitrogens with one attached hydrogen (secondary N) is 1. The summed E-state index contributed by atoms with van der Waals surface area (Å²) in [4.78, 5) is 12.0. The van der Waals surface area contributed by atoms with E-state index in [4.69, 9.17) is 0 Å². The molecule has 132 valence electrons. The first kappa shape index (κ1) is 17.9. The topological polar surface area (TPSA) is 34.0 Å². The van der Waals surface area contributed by atoms with Gasteiger partial charge in [-0.2, -0.15) is 11.8 Å². The number of aryl methyl sites for hydroxylation is 1. The molecular formula is C21H26N2OS. The minimum atomic E-state index is -0.0171. The number of thioether (sulfide) groups is 1. The van der Waals surface area contributed by atoms with Gasteiger partial charge in [-0.3, -0.25) is 4.79 Å². The van der Waals surface area contributed by atoms with Gasteiger partial charge >= 0.3 is 0 Å². The van der Waals surface area contributed by atoms with E-state index in [0.29, 0.717) is 12.6 Å². The lowest BCUT2D eigenvalue weighted by molar-refractivity contribution is -0.116. The Morgan fingerprint density at radius 2 is 2.04 bits per heavy atom. The molecule has 1 aromatic carbocycles. The van der Waals surface area contributed by atoms with Crippen LogP contribution in [0, 0.1) is 13.8 Å². The fourth-order valence-electron chi connectivity index (χ4n) is 3.10. The Balaban J connectivity index is 1.40. The predicted octanol–water partition coefficient (Wildman–Crippen LogP) is 4.50. The Labute approximate surface area is 154 Å². The van der Waals surface area contributed by atoms with Crippen molar-refractivity contribution in [3.05, 3.63) is 65.0 Å². The molecule has 0 saturated heterocycles. The number of carbonyl (C=O) groups is 1. The molecule has 1 amide bonds. The van der Waals surface area contributed by atoms with E-state index >= 15 is 0 Å². The molecular weight excluding hydrogens is 328 g/mol. The van der Waals surface area contributed by atoms with Crippen LogP contribution in [0.3, 0.4) is 0 Å². The monoisotopic (exact) mass is 354 g/mol. The van der Waals surface area contributed by atoms with Gasteiger partial charge in [0.1, 0.15) is 0 Å². The van der Waals surface area contributed by atoms with E-state index in [1.807, 2.05) is 23.9 Å². The van der Waals surface area contributed by atoms with Crippen molar-refractivity contribution in [3.8, 4) is 0 Å². The van der Waals surface area contributed by atoms with Crippen molar-refractivity contribution in [1.82, 2.24) is 9.88 Å². The maximum absolute atomic E-state index is 12.0. The van der Waals surface area contributed by atoms with Gasteiger partial charge in [-0.05, 0) is 50.0 Å². The van der Waals surface area contributed by atoms with Crippen molar-refractivity contribution >= 4 is 23.7 Å². The van der Waals surface area contributed by atoms with Crippen molar-refractivity contribution in [3.63, 3.8) is 0 Å². The number of carbonyl (C=O) groups excluding carboxylic acids is 1. The first-order valence-corrected chi connectivity index (χ1v) is 10.1. The molecule has 0 atom stereocenters. The first-order valence-electron chi connectivity index (χ1n) is 8.91. The maximum atomic E-state index is 12.0. The standard InChI is InChI=1S/C21H26N2OS/c1-16-14-19(17(2)23(16)20-9-10-20)8-11-21(24)22-12-13-25-15-18-6-4-3-5-7-18/h3-8,11,14,20H,9-10,12-13,15H2,1-2H3,(H,22,24)/b11-8+. The highest BCUT2D eigenvalue weighted by molar-refractivity contribution is 7.98. The second kappa shape index (κ2) is 8.43. The molecule has 1 aliphatic rings. The second-order valence-corrected chi connectivity index (χ2v) is 7.70. The van der Waals surface area contributed by atoms with E-state index < -0.39 is 0 Å². The Morgan fingerprint density at radius 3 is 2.76 bits per heavy atom. The Kier molecular flexibility index (Phi) is 6.03. The van der Waals surface area contributed by atoms with Crippen LogP contribution in [0.5, 0.6) is 0 Å². The van der Waals surface area contributed by atoms with E-state index in [1.165, 1.54) is 29.8 Å². The Hall–Kier alpha value is -1.94. The minimum Gasteiger partial charge on any atom is -0.352 e. The van der Waals surface area contributed by atoms with E-state index in [2.05, 4.69) is 54.1 Å². The summed E-state index contributed by atoms with van der Waals surface area (Å²) in [5.74, 6) is 1.89. The average molecular weight is 355 g/mol. The SMILES string of the molecule is Cc1cc(/C=C/C(=O)NCCSCc2ccccc2)c(C)n1C1CC1. The molecule has 1 aliphatic carbocycles. The summed E-state index contributed by atoms with van der Waals surface area (Å²) in [6, 6.07) is 13.3. The average Bonchev–Trinajstić information content (AvgIpc) is 3.39. The summed E-state index contributed by atoms with van der Waals surface area (Å²) in [5.41, 5.74) is 5.03. The molecule has 0 aliphatic heterocycles. The van der Waals surface area contributed by atoms with Gasteiger partial charge in [0.15, 0.2) is 0 Å². The number of rotatable bonds is 8. The summed E-state index contributed by atoms with van der Waals surface area (Å²) in [6.07, 6.45) is 6.15. The normalized spacial score (nSPS) is 14.2. The molecule has 3 rings (SSSR count). The lowest BCUT2D eigenvalue weighted by Crippen LogP contribution is -2.23. The van der Waals surface area contributed by atoms with Crippen molar-refractivity contribution in [2.24, 2.45) is 0 Å². The summed E-state index contributed by atoms with van der Waals surface area (Å²) in [5, 5.41) is 2.96. The van der Waals surface area contributed by atoms with Gasteiger partial charge in [0, 0.05) is 41.6 Å². The van der Waals surface area contributed by atoms with E-state index in [-0.39, 0.29) is 5.91 Å². The minimum absolute atomic E-state index is 0.0171. The van der Waals surface area contributed by atoms with Crippen LogP contribution in [0.2, 0.25) is 0 Å². The van der Waals surface area contributed by atoms with Crippen LogP contribution in [-0.4, -0.2) is 22.8 Å². The smallest absolute Gasteiger partial charge is 0.244 e. The Morgan fingerprint density at radius 1 is 1.28 bits per heavy atom. The zero-order valence-corrected chi connectivity index (χ0v) is 15.8. The molecule has 1 N–H and O–H groups in total. The first-order chi connectivity index (χ1) is 12.1. The fourth-order valence-corrected chi connectivity index (χ4v) is 3.92. The second-order valence-electron chi connectivity index (χ2n) is 6.59. The van der Waals surface area contributed by atoms with Crippen LogP contribution in [-0.2, 0) is 10.5 Å². The third-order valence-corrected chi connectivity index (χ3v) is 5.54. The molecule has 1 saturated carbocycles. The number of nitrogens with zero attached hydrogens (tertiary/aromatic N) is 1. The van der Waals surface area contributed by atoms with Crippen LogP contribution in [0.25, 0.3) is 6.08 Å². The predicted molar refractivity (Wildman–Crippen MR) is 107 cm³/mol. The van der Waals surface area contributed by atoms with Crippen LogP contribution >= 0.6 is 11.8 Å². The van der Waals surface area contributed by atoms with E-state index in [1.54, 1.807) is 6.08 Å². The van der Waals surface area contributed by atoms with Crippen LogP contribution in [0.15, 0.2) is 42.5 Å². The quantitative estimate of drug-likeness (QED) is 0.559. The Bertz CT molecular complexity index is 745. The molecule has 3 nitrogen and oxygen atoms in total. The van der Waals surface area contributed by atoms with Gasteiger partial charge in [-0.1, -0.05) is 30.3 Å². The van der Waals surface area contributed by atoms with Crippen LogP contribution < -0.4 is 5.32 Å².